The van der Waals surface area contributed by atoms with Gasteiger partial charge in [-0.15, -0.1) is 0 Å². The van der Waals surface area contributed by atoms with Gasteiger partial charge in [0.15, 0.2) is 0 Å². The topological polar surface area (TPSA) is 30.5 Å². The van der Waals surface area contributed by atoms with Crippen molar-refractivity contribution in [2.24, 2.45) is 0 Å². The van der Waals surface area contributed by atoms with E-state index < -0.39 is 0 Å². The Bertz CT molecular complexity index is 328. The van der Waals surface area contributed by atoms with Crippen LogP contribution in [0, 0.1) is 0 Å². The highest BCUT2D eigenvalue weighted by Gasteiger charge is 2.08. The summed E-state index contributed by atoms with van der Waals surface area (Å²) >= 11 is 0. The van der Waals surface area contributed by atoms with Gasteiger partial charge < -0.3 is 14.8 Å². The van der Waals surface area contributed by atoms with E-state index in [1.807, 2.05) is 19.1 Å². The predicted octanol–water partition coefficient (Wildman–Crippen LogP) is 2.77. The number of hydrogen-bond donors (Lipinski definition) is 1. The highest BCUT2D eigenvalue weighted by atomic mass is 16.5. The minimum Gasteiger partial charge on any atom is -0.497 e. The van der Waals surface area contributed by atoms with E-state index in [0.29, 0.717) is 6.04 Å². The SMILES string of the molecule is CCOC(C)CNC(C)c1cccc(OC)c1. The monoisotopic (exact) mass is 237 g/mol. The van der Waals surface area contributed by atoms with Crippen LogP contribution in [0.15, 0.2) is 24.3 Å². The second kappa shape index (κ2) is 7.30. The lowest BCUT2D eigenvalue weighted by Crippen LogP contribution is -2.29. The summed E-state index contributed by atoms with van der Waals surface area (Å²) in [6.07, 6.45) is 0.244. The first-order valence-corrected chi connectivity index (χ1v) is 6.16. The van der Waals surface area contributed by atoms with Gasteiger partial charge in [-0.1, -0.05) is 12.1 Å². The Morgan fingerprint density at radius 2 is 2.06 bits per heavy atom. The van der Waals surface area contributed by atoms with Gasteiger partial charge in [0.1, 0.15) is 5.75 Å². The molecule has 1 N–H and O–H groups in total. The summed E-state index contributed by atoms with van der Waals surface area (Å²) in [6.45, 7) is 7.85. The van der Waals surface area contributed by atoms with Crippen LogP contribution in [-0.4, -0.2) is 26.4 Å². The van der Waals surface area contributed by atoms with Gasteiger partial charge >= 0.3 is 0 Å². The molecule has 1 aromatic carbocycles. The van der Waals surface area contributed by atoms with Gasteiger partial charge in [-0.05, 0) is 38.5 Å². The lowest BCUT2D eigenvalue weighted by molar-refractivity contribution is 0.0743. The molecule has 0 aliphatic carbocycles. The minimum atomic E-state index is 0.244. The molecule has 0 aromatic heterocycles. The van der Waals surface area contributed by atoms with Crippen molar-refractivity contribution in [3.8, 4) is 5.75 Å². The fraction of sp³-hybridized carbons (Fsp3) is 0.571. The first-order chi connectivity index (χ1) is 8.17. The summed E-state index contributed by atoms with van der Waals surface area (Å²) in [6, 6.07) is 8.43. The van der Waals surface area contributed by atoms with Crippen LogP contribution in [0.5, 0.6) is 5.75 Å². The Morgan fingerprint density at radius 3 is 2.71 bits per heavy atom. The molecular weight excluding hydrogens is 214 g/mol. The molecule has 2 unspecified atom stereocenters. The van der Waals surface area contributed by atoms with E-state index in [1.165, 1.54) is 5.56 Å². The molecule has 3 heteroatoms. The smallest absolute Gasteiger partial charge is 0.119 e. The van der Waals surface area contributed by atoms with Crippen LogP contribution in [0.2, 0.25) is 0 Å². The fourth-order valence-electron chi connectivity index (χ4n) is 1.71. The first-order valence-electron chi connectivity index (χ1n) is 6.16. The van der Waals surface area contributed by atoms with Crippen LogP contribution in [-0.2, 0) is 4.74 Å². The van der Waals surface area contributed by atoms with Gasteiger partial charge in [-0.2, -0.15) is 0 Å². The average Bonchev–Trinajstić information content (AvgIpc) is 2.36. The molecule has 2 atom stereocenters. The van der Waals surface area contributed by atoms with Crippen molar-refractivity contribution >= 4 is 0 Å². The van der Waals surface area contributed by atoms with Gasteiger partial charge in [0, 0.05) is 19.2 Å². The molecule has 0 amide bonds. The molecule has 1 rings (SSSR count). The molecule has 96 valence electrons. The standard InChI is InChI=1S/C14H23NO2/c1-5-17-11(2)10-15-12(3)13-7-6-8-14(9-13)16-4/h6-9,11-12,15H,5,10H2,1-4H3. The number of nitrogens with one attached hydrogen (secondary N) is 1. The van der Waals surface area contributed by atoms with Crippen molar-refractivity contribution in [1.82, 2.24) is 5.32 Å². The van der Waals surface area contributed by atoms with Crippen LogP contribution >= 0.6 is 0 Å². The molecule has 0 fully saturated rings. The summed E-state index contributed by atoms with van der Waals surface area (Å²) in [4.78, 5) is 0. The third-order valence-corrected chi connectivity index (χ3v) is 2.76. The lowest BCUT2D eigenvalue weighted by Gasteiger charge is -2.18. The molecule has 0 heterocycles. The maximum atomic E-state index is 5.49. The molecular formula is C14H23NO2. The first kappa shape index (κ1) is 14.0. The summed E-state index contributed by atoms with van der Waals surface area (Å²) in [7, 11) is 1.69. The van der Waals surface area contributed by atoms with Gasteiger partial charge in [-0.25, -0.2) is 0 Å². The maximum Gasteiger partial charge on any atom is 0.119 e. The van der Waals surface area contributed by atoms with Crippen molar-refractivity contribution in [2.45, 2.75) is 32.9 Å². The van der Waals surface area contributed by atoms with E-state index in [-0.39, 0.29) is 6.10 Å². The van der Waals surface area contributed by atoms with E-state index in [2.05, 4.69) is 31.3 Å². The molecule has 3 nitrogen and oxygen atoms in total. The molecule has 0 spiro atoms. The Morgan fingerprint density at radius 1 is 1.29 bits per heavy atom. The Hall–Kier alpha value is -1.06. The number of ether oxygens (including phenoxy) is 2. The Labute approximate surface area is 104 Å². The highest BCUT2D eigenvalue weighted by Crippen LogP contribution is 2.18. The summed E-state index contributed by atoms with van der Waals surface area (Å²) in [5, 5.41) is 3.45. The number of rotatable bonds is 7. The van der Waals surface area contributed by atoms with E-state index in [0.717, 1.165) is 18.9 Å². The molecule has 1 aromatic rings. The van der Waals surface area contributed by atoms with Crippen LogP contribution in [0.4, 0.5) is 0 Å². The number of hydrogen-bond acceptors (Lipinski definition) is 3. The minimum absolute atomic E-state index is 0.244. The van der Waals surface area contributed by atoms with Crippen LogP contribution in [0.3, 0.4) is 0 Å². The van der Waals surface area contributed by atoms with Crippen LogP contribution in [0.1, 0.15) is 32.4 Å². The van der Waals surface area contributed by atoms with Gasteiger partial charge in [0.05, 0.1) is 13.2 Å². The molecule has 0 radical (unpaired) electrons. The van der Waals surface area contributed by atoms with Crippen molar-refractivity contribution in [2.75, 3.05) is 20.3 Å². The molecule has 0 aliphatic rings. The summed E-state index contributed by atoms with van der Waals surface area (Å²) in [5.74, 6) is 0.897. The molecule has 17 heavy (non-hydrogen) atoms. The quantitative estimate of drug-likeness (QED) is 0.791. The van der Waals surface area contributed by atoms with Gasteiger partial charge in [-0.3, -0.25) is 0 Å². The number of benzene rings is 1. The highest BCUT2D eigenvalue weighted by molar-refractivity contribution is 5.30. The van der Waals surface area contributed by atoms with E-state index >= 15 is 0 Å². The van der Waals surface area contributed by atoms with Crippen molar-refractivity contribution in [3.63, 3.8) is 0 Å². The third-order valence-electron chi connectivity index (χ3n) is 2.76. The zero-order valence-corrected chi connectivity index (χ0v) is 11.2. The Balaban J connectivity index is 2.48. The maximum absolute atomic E-state index is 5.49. The third kappa shape index (κ3) is 4.75. The van der Waals surface area contributed by atoms with Crippen molar-refractivity contribution in [3.05, 3.63) is 29.8 Å². The molecule has 0 aliphatic heterocycles. The second-order valence-electron chi connectivity index (χ2n) is 4.17. The second-order valence-corrected chi connectivity index (χ2v) is 4.17. The van der Waals surface area contributed by atoms with Crippen molar-refractivity contribution in [1.29, 1.82) is 0 Å². The van der Waals surface area contributed by atoms with Crippen LogP contribution in [0.25, 0.3) is 0 Å². The lowest BCUT2D eigenvalue weighted by atomic mass is 10.1. The summed E-state index contributed by atoms with van der Waals surface area (Å²) < 4.78 is 10.7. The Kier molecular flexibility index (Phi) is 6.01. The zero-order valence-electron chi connectivity index (χ0n) is 11.2. The fourth-order valence-corrected chi connectivity index (χ4v) is 1.71. The van der Waals surface area contributed by atoms with Crippen LogP contribution < -0.4 is 10.1 Å². The number of methoxy groups -OCH3 is 1. The normalized spacial score (nSPS) is 14.4. The van der Waals surface area contributed by atoms with Crippen molar-refractivity contribution < 1.29 is 9.47 Å². The van der Waals surface area contributed by atoms with Gasteiger partial charge in [0.25, 0.3) is 0 Å². The van der Waals surface area contributed by atoms with E-state index in [9.17, 15) is 0 Å². The molecule has 0 saturated carbocycles. The van der Waals surface area contributed by atoms with E-state index in [1.54, 1.807) is 7.11 Å². The predicted molar refractivity (Wildman–Crippen MR) is 70.5 cm³/mol. The average molecular weight is 237 g/mol. The molecule has 0 bridgehead atoms. The summed E-state index contributed by atoms with van der Waals surface area (Å²) in [5.41, 5.74) is 1.23. The van der Waals surface area contributed by atoms with E-state index in [4.69, 9.17) is 9.47 Å². The molecule has 0 saturated heterocycles. The van der Waals surface area contributed by atoms with Gasteiger partial charge in [0.2, 0.25) is 0 Å². The zero-order chi connectivity index (χ0) is 12.7. The largest absolute Gasteiger partial charge is 0.497 e.